The maximum absolute atomic E-state index is 12.2. The molecular formula is C18H24N2O2. The van der Waals surface area contributed by atoms with Crippen LogP contribution in [-0.2, 0) is 18.3 Å². The second kappa shape index (κ2) is 6.13. The smallest absolute Gasteiger partial charge is 0.224 e. The van der Waals surface area contributed by atoms with E-state index in [9.17, 15) is 9.90 Å². The van der Waals surface area contributed by atoms with Crippen LogP contribution in [0, 0.1) is 0 Å². The number of rotatable bonds is 4. The minimum absolute atomic E-state index is 0.0182. The quantitative estimate of drug-likeness (QED) is 0.911. The van der Waals surface area contributed by atoms with Gasteiger partial charge in [-0.2, -0.15) is 0 Å². The molecule has 0 bridgehead atoms. The SMILES string of the molecule is Cn1cc(CC(=O)NCC2(O)CCCCC2)c2ccccc21. The Kier molecular flexibility index (Phi) is 4.21. The van der Waals surface area contributed by atoms with Gasteiger partial charge < -0.3 is 15.0 Å². The van der Waals surface area contributed by atoms with Gasteiger partial charge in [-0.05, 0) is 24.5 Å². The molecule has 2 aromatic rings. The molecule has 4 nitrogen and oxygen atoms in total. The monoisotopic (exact) mass is 300 g/mol. The zero-order valence-corrected chi connectivity index (χ0v) is 13.1. The number of amides is 1. The van der Waals surface area contributed by atoms with E-state index >= 15 is 0 Å². The molecule has 22 heavy (non-hydrogen) atoms. The average molecular weight is 300 g/mol. The lowest BCUT2D eigenvalue weighted by atomic mass is 9.85. The minimum atomic E-state index is -0.702. The first-order chi connectivity index (χ1) is 10.6. The molecule has 1 aromatic carbocycles. The average Bonchev–Trinajstić information content (AvgIpc) is 2.83. The summed E-state index contributed by atoms with van der Waals surface area (Å²) in [6, 6.07) is 8.10. The Morgan fingerprint density at radius 3 is 2.77 bits per heavy atom. The first-order valence-corrected chi connectivity index (χ1v) is 8.09. The van der Waals surface area contributed by atoms with E-state index in [-0.39, 0.29) is 5.91 Å². The summed E-state index contributed by atoms with van der Waals surface area (Å²) in [6.45, 7) is 0.372. The summed E-state index contributed by atoms with van der Waals surface area (Å²) in [5, 5.41) is 14.5. The molecular weight excluding hydrogens is 276 g/mol. The highest BCUT2D eigenvalue weighted by Gasteiger charge is 2.29. The van der Waals surface area contributed by atoms with Gasteiger partial charge in [0, 0.05) is 30.7 Å². The van der Waals surface area contributed by atoms with Crippen LogP contribution in [0.4, 0.5) is 0 Å². The van der Waals surface area contributed by atoms with Gasteiger partial charge in [0.1, 0.15) is 0 Å². The molecule has 1 heterocycles. The predicted molar refractivity (Wildman–Crippen MR) is 87.7 cm³/mol. The highest BCUT2D eigenvalue weighted by molar-refractivity contribution is 5.89. The van der Waals surface area contributed by atoms with Crippen LogP contribution in [0.1, 0.15) is 37.7 Å². The van der Waals surface area contributed by atoms with Crippen LogP contribution in [0.2, 0.25) is 0 Å². The van der Waals surface area contributed by atoms with Crippen LogP contribution in [-0.4, -0.2) is 27.7 Å². The fourth-order valence-corrected chi connectivity index (χ4v) is 3.45. The van der Waals surface area contributed by atoms with Crippen molar-refractivity contribution < 1.29 is 9.90 Å². The van der Waals surface area contributed by atoms with Gasteiger partial charge >= 0.3 is 0 Å². The van der Waals surface area contributed by atoms with Gasteiger partial charge in [-0.15, -0.1) is 0 Å². The third kappa shape index (κ3) is 3.17. The van der Waals surface area contributed by atoms with E-state index in [0.717, 1.165) is 42.1 Å². The first-order valence-electron chi connectivity index (χ1n) is 8.09. The van der Waals surface area contributed by atoms with E-state index in [0.29, 0.717) is 13.0 Å². The predicted octanol–water partition coefficient (Wildman–Crippen LogP) is 2.53. The van der Waals surface area contributed by atoms with Gasteiger partial charge in [-0.3, -0.25) is 4.79 Å². The van der Waals surface area contributed by atoms with Crippen LogP contribution in [0.3, 0.4) is 0 Å². The van der Waals surface area contributed by atoms with Gasteiger partial charge in [-0.1, -0.05) is 37.5 Å². The van der Waals surface area contributed by atoms with E-state index in [2.05, 4.69) is 11.4 Å². The second-order valence-corrected chi connectivity index (χ2v) is 6.52. The Morgan fingerprint density at radius 1 is 1.27 bits per heavy atom. The summed E-state index contributed by atoms with van der Waals surface area (Å²) >= 11 is 0. The van der Waals surface area contributed by atoms with Gasteiger partial charge in [0.2, 0.25) is 5.91 Å². The van der Waals surface area contributed by atoms with E-state index < -0.39 is 5.60 Å². The number of hydrogen-bond donors (Lipinski definition) is 2. The molecule has 0 aliphatic heterocycles. The fourth-order valence-electron chi connectivity index (χ4n) is 3.45. The van der Waals surface area contributed by atoms with Crippen LogP contribution < -0.4 is 5.32 Å². The molecule has 1 aliphatic carbocycles. The summed E-state index contributed by atoms with van der Waals surface area (Å²) in [4.78, 5) is 12.2. The Bertz CT molecular complexity index is 669. The normalized spacial score (nSPS) is 17.5. The van der Waals surface area contributed by atoms with Gasteiger partial charge in [0.25, 0.3) is 0 Å². The van der Waals surface area contributed by atoms with Crippen molar-refractivity contribution in [3.8, 4) is 0 Å². The molecule has 1 amide bonds. The third-order valence-corrected chi connectivity index (χ3v) is 4.73. The molecule has 1 saturated carbocycles. The van der Waals surface area contributed by atoms with Crippen molar-refractivity contribution in [3.63, 3.8) is 0 Å². The number of fused-ring (bicyclic) bond motifs is 1. The van der Waals surface area contributed by atoms with E-state index in [1.54, 1.807) is 0 Å². The van der Waals surface area contributed by atoms with Gasteiger partial charge in [0.05, 0.1) is 12.0 Å². The van der Waals surface area contributed by atoms with Crippen molar-refractivity contribution in [2.45, 2.75) is 44.1 Å². The Morgan fingerprint density at radius 2 is 2.00 bits per heavy atom. The van der Waals surface area contributed by atoms with Gasteiger partial charge in [-0.25, -0.2) is 0 Å². The Hall–Kier alpha value is -1.81. The van der Waals surface area contributed by atoms with Crippen molar-refractivity contribution >= 4 is 16.8 Å². The number of nitrogens with zero attached hydrogens (tertiary/aromatic N) is 1. The summed E-state index contributed by atoms with van der Waals surface area (Å²) in [5.41, 5.74) is 1.47. The summed E-state index contributed by atoms with van der Waals surface area (Å²) in [7, 11) is 1.99. The van der Waals surface area contributed by atoms with Crippen LogP contribution >= 0.6 is 0 Å². The molecule has 118 valence electrons. The molecule has 0 atom stereocenters. The van der Waals surface area contributed by atoms with Crippen molar-refractivity contribution in [2.75, 3.05) is 6.54 Å². The zero-order valence-electron chi connectivity index (χ0n) is 13.1. The van der Waals surface area contributed by atoms with E-state index in [1.807, 2.05) is 36.0 Å². The number of aromatic nitrogens is 1. The number of carbonyl (C=O) groups is 1. The highest BCUT2D eigenvalue weighted by atomic mass is 16.3. The molecule has 1 aromatic heterocycles. The van der Waals surface area contributed by atoms with Crippen molar-refractivity contribution in [1.82, 2.24) is 9.88 Å². The lowest BCUT2D eigenvalue weighted by molar-refractivity contribution is -0.122. The van der Waals surface area contributed by atoms with Crippen molar-refractivity contribution in [3.05, 3.63) is 36.0 Å². The number of aliphatic hydroxyl groups is 1. The number of aryl methyl sites for hydroxylation is 1. The lowest BCUT2D eigenvalue weighted by Gasteiger charge is -2.32. The standard InChI is InChI=1S/C18H24N2O2/c1-20-12-14(15-7-3-4-8-16(15)20)11-17(21)19-13-18(22)9-5-2-6-10-18/h3-4,7-8,12,22H,2,5-6,9-11,13H2,1H3,(H,19,21). The van der Waals surface area contributed by atoms with Crippen LogP contribution in [0.25, 0.3) is 10.9 Å². The summed E-state index contributed by atoms with van der Waals surface area (Å²) < 4.78 is 2.05. The van der Waals surface area contributed by atoms with E-state index in [4.69, 9.17) is 0 Å². The highest BCUT2D eigenvalue weighted by Crippen LogP contribution is 2.27. The maximum Gasteiger partial charge on any atom is 0.224 e. The lowest BCUT2D eigenvalue weighted by Crippen LogP contribution is -2.44. The van der Waals surface area contributed by atoms with Crippen molar-refractivity contribution in [2.24, 2.45) is 7.05 Å². The zero-order chi connectivity index (χ0) is 15.6. The van der Waals surface area contributed by atoms with Crippen LogP contribution in [0.15, 0.2) is 30.5 Å². The number of hydrogen-bond acceptors (Lipinski definition) is 2. The molecule has 0 spiro atoms. The molecule has 0 radical (unpaired) electrons. The molecule has 0 saturated heterocycles. The van der Waals surface area contributed by atoms with Gasteiger partial charge in [0.15, 0.2) is 0 Å². The number of nitrogens with one attached hydrogen (secondary N) is 1. The second-order valence-electron chi connectivity index (χ2n) is 6.52. The van der Waals surface area contributed by atoms with E-state index in [1.165, 1.54) is 6.42 Å². The largest absolute Gasteiger partial charge is 0.388 e. The number of para-hydroxylation sites is 1. The molecule has 1 fully saturated rings. The topological polar surface area (TPSA) is 54.3 Å². The molecule has 4 heteroatoms. The molecule has 3 rings (SSSR count). The van der Waals surface area contributed by atoms with Crippen molar-refractivity contribution in [1.29, 1.82) is 0 Å². The minimum Gasteiger partial charge on any atom is -0.388 e. The molecule has 1 aliphatic rings. The maximum atomic E-state index is 12.2. The molecule has 0 unspecified atom stereocenters. The third-order valence-electron chi connectivity index (χ3n) is 4.73. The Labute approximate surface area is 131 Å². The van der Waals surface area contributed by atoms with Crippen LogP contribution in [0.5, 0.6) is 0 Å². The first kappa shape index (κ1) is 15.1. The number of carbonyl (C=O) groups excluding carboxylic acids is 1. The fraction of sp³-hybridized carbons (Fsp3) is 0.500. The molecule has 2 N–H and O–H groups in total. The summed E-state index contributed by atoms with van der Waals surface area (Å²) in [6.07, 6.45) is 7.25. The number of benzene rings is 1. The Balaban J connectivity index is 1.63. The summed E-state index contributed by atoms with van der Waals surface area (Å²) in [5.74, 6) is -0.0182.